The van der Waals surface area contributed by atoms with Crippen molar-refractivity contribution in [2.24, 2.45) is 0 Å². The number of furan rings is 1. The van der Waals surface area contributed by atoms with E-state index < -0.39 is 23.7 Å². The zero-order valence-corrected chi connectivity index (χ0v) is 20.8. The summed E-state index contributed by atoms with van der Waals surface area (Å²) in [6, 6.07) is 11.7. The Morgan fingerprint density at radius 1 is 1.17 bits per heavy atom. The molecule has 11 heteroatoms. The molecule has 186 valence electrons. The average Bonchev–Trinajstić information content (AvgIpc) is 3.44. The first kappa shape index (κ1) is 25.0. The number of rotatable bonds is 8. The monoisotopic (exact) mass is 558 g/mol. The number of hydrogen-bond donors (Lipinski definition) is 1. The minimum Gasteiger partial charge on any atom is -0.493 e. The highest BCUT2D eigenvalue weighted by molar-refractivity contribution is 9.10. The molecule has 0 spiro atoms. The lowest BCUT2D eigenvalue weighted by Crippen LogP contribution is -2.30. The maximum Gasteiger partial charge on any atom is 0.373 e. The first-order valence-electron chi connectivity index (χ1n) is 10.6. The van der Waals surface area contributed by atoms with Gasteiger partial charge in [-0.1, -0.05) is 34.1 Å². The van der Waals surface area contributed by atoms with E-state index in [1.807, 2.05) is 0 Å². The molecule has 9 nitrogen and oxygen atoms in total. The van der Waals surface area contributed by atoms with E-state index in [4.69, 9.17) is 13.9 Å². The van der Waals surface area contributed by atoms with Crippen LogP contribution in [-0.4, -0.2) is 37.0 Å². The Morgan fingerprint density at radius 3 is 2.67 bits per heavy atom. The van der Waals surface area contributed by atoms with Gasteiger partial charge in [-0.15, -0.1) is 0 Å². The molecule has 0 aliphatic carbocycles. The lowest BCUT2D eigenvalue weighted by Gasteiger charge is -2.15. The number of nitrogens with zero attached hydrogens (tertiary/aromatic N) is 1. The van der Waals surface area contributed by atoms with Crippen LogP contribution in [0.5, 0.6) is 11.5 Å². The van der Waals surface area contributed by atoms with E-state index in [2.05, 4.69) is 26.0 Å². The van der Waals surface area contributed by atoms with Gasteiger partial charge in [0.2, 0.25) is 5.76 Å². The Morgan fingerprint density at radius 2 is 1.94 bits per heavy atom. The molecular formula is C25H20BrFN2O7. The van der Waals surface area contributed by atoms with Gasteiger partial charge in [0.1, 0.15) is 23.9 Å². The second kappa shape index (κ2) is 10.6. The number of carbonyl (C=O) groups excluding carboxylic acids is 3. The Kier molecular flexibility index (Phi) is 7.39. The molecule has 1 aliphatic rings. The summed E-state index contributed by atoms with van der Waals surface area (Å²) >= 11 is 3.39. The maximum atomic E-state index is 14.1. The average molecular weight is 559 g/mol. The molecule has 1 aromatic heterocycles. The standard InChI is InChI=1S/C25H20BrFN2O7/c1-33-21-11-16(26)9-15(22(21)35-13-14-5-3-4-6-18(14)27)10-19-23(30)29(25(32)28-19)12-17-7-8-20(36-17)24(31)34-2/h3-11H,12-13H2,1-2H3,(H,28,32)/b19-10-. The summed E-state index contributed by atoms with van der Waals surface area (Å²) in [6.45, 7) is -0.286. The van der Waals surface area contributed by atoms with Crippen molar-refractivity contribution >= 4 is 39.9 Å². The number of benzene rings is 2. The van der Waals surface area contributed by atoms with Gasteiger partial charge in [-0.2, -0.15) is 0 Å². The third kappa shape index (κ3) is 5.25. The highest BCUT2D eigenvalue weighted by Crippen LogP contribution is 2.37. The van der Waals surface area contributed by atoms with Crippen LogP contribution in [0.15, 0.2) is 63.1 Å². The van der Waals surface area contributed by atoms with Crippen LogP contribution in [0.25, 0.3) is 6.08 Å². The van der Waals surface area contributed by atoms with Gasteiger partial charge < -0.3 is 23.9 Å². The second-order valence-electron chi connectivity index (χ2n) is 7.54. The molecule has 36 heavy (non-hydrogen) atoms. The van der Waals surface area contributed by atoms with Crippen LogP contribution in [0.4, 0.5) is 9.18 Å². The van der Waals surface area contributed by atoms with Crippen LogP contribution < -0.4 is 14.8 Å². The van der Waals surface area contributed by atoms with Crippen molar-refractivity contribution in [1.82, 2.24) is 10.2 Å². The molecule has 3 amide bonds. The first-order chi connectivity index (χ1) is 17.3. The van der Waals surface area contributed by atoms with Crippen molar-refractivity contribution in [3.05, 3.63) is 87.2 Å². The molecule has 4 rings (SSSR count). The third-order valence-electron chi connectivity index (χ3n) is 5.22. The Balaban J connectivity index is 1.60. The summed E-state index contributed by atoms with van der Waals surface area (Å²) in [5.74, 6) is -0.944. The van der Waals surface area contributed by atoms with Crippen molar-refractivity contribution in [3.8, 4) is 11.5 Å². The van der Waals surface area contributed by atoms with E-state index in [-0.39, 0.29) is 36.1 Å². The van der Waals surface area contributed by atoms with E-state index in [1.54, 1.807) is 30.3 Å². The minimum absolute atomic E-state index is 0.0179. The van der Waals surface area contributed by atoms with Crippen LogP contribution >= 0.6 is 15.9 Å². The fourth-order valence-electron chi connectivity index (χ4n) is 3.47. The van der Waals surface area contributed by atoms with E-state index in [1.165, 1.54) is 38.5 Å². The minimum atomic E-state index is -0.675. The Bertz CT molecular complexity index is 1370. The summed E-state index contributed by atoms with van der Waals surface area (Å²) in [4.78, 5) is 38.0. The van der Waals surface area contributed by atoms with Crippen LogP contribution in [0.2, 0.25) is 0 Å². The maximum absolute atomic E-state index is 14.1. The fourth-order valence-corrected chi connectivity index (χ4v) is 3.92. The SMILES string of the molecule is COC(=O)c1ccc(CN2C(=O)N/C(=C\c3cc(Br)cc(OC)c3OCc3ccccc3F)C2=O)o1. The number of imide groups is 1. The number of esters is 1. The number of hydrogen-bond acceptors (Lipinski definition) is 7. The summed E-state index contributed by atoms with van der Waals surface area (Å²) in [6.07, 6.45) is 1.44. The number of amides is 3. The van der Waals surface area contributed by atoms with E-state index >= 15 is 0 Å². The molecule has 0 bridgehead atoms. The van der Waals surface area contributed by atoms with Gasteiger partial charge in [-0.25, -0.2) is 14.0 Å². The largest absolute Gasteiger partial charge is 0.493 e. The lowest BCUT2D eigenvalue weighted by molar-refractivity contribution is -0.123. The van der Waals surface area contributed by atoms with Crippen LogP contribution in [-0.2, 0) is 22.7 Å². The van der Waals surface area contributed by atoms with E-state index in [0.717, 1.165) is 4.90 Å². The number of nitrogens with one attached hydrogen (secondary N) is 1. The molecule has 1 aliphatic heterocycles. The van der Waals surface area contributed by atoms with Crippen molar-refractivity contribution in [2.75, 3.05) is 14.2 Å². The Labute approximate surface area is 213 Å². The zero-order chi connectivity index (χ0) is 25.8. The smallest absolute Gasteiger partial charge is 0.373 e. The summed E-state index contributed by atoms with van der Waals surface area (Å²) in [5.41, 5.74) is 0.729. The normalized spacial score (nSPS) is 14.2. The highest BCUT2D eigenvalue weighted by atomic mass is 79.9. The third-order valence-corrected chi connectivity index (χ3v) is 5.68. The van der Waals surface area contributed by atoms with Gasteiger partial charge in [0.15, 0.2) is 11.5 Å². The lowest BCUT2D eigenvalue weighted by atomic mass is 10.1. The summed E-state index contributed by atoms with van der Waals surface area (Å²) in [5, 5.41) is 2.52. The topological polar surface area (TPSA) is 107 Å². The van der Waals surface area contributed by atoms with E-state index in [9.17, 15) is 18.8 Å². The molecule has 0 unspecified atom stereocenters. The first-order valence-corrected chi connectivity index (χ1v) is 11.3. The molecule has 2 heterocycles. The molecule has 0 saturated carbocycles. The number of methoxy groups -OCH3 is 2. The number of carbonyl (C=O) groups is 3. The Hall–Kier alpha value is -4.12. The van der Waals surface area contributed by atoms with Crippen LogP contribution in [0.1, 0.15) is 27.4 Å². The van der Waals surface area contributed by atoms with Crippen LogP contribution in [0.3, 0.4) is 0 Å². The van der Waals surface area contributed by atoms with Crippen molar-refractivity contribution in [2.45, 2.75) is 13.2 Å². The second-order valence-corrected chi connectivity index (χ2v) is 8.46. The van der Waals surface area contributed by atoms with Gasteiger partial charge >= 0.3 is 12.0 Å². The van der Waals surface area contributed by atoms with E-state index in [0.29, 0.717) is 21.3 Å². The molecule has 2 aromatic carbocycles. The molecule has 0 radical (unpaired) electrons. The molecule has 0 atom stereocenters. The van der Waals surface area contributed by atoms with Gasteiger partial charge in [-0.3, -0.25) is 9.69 Å². The fraction of sp³-hybridized carbons (Fsp3) is 0.160. The summed E-state index contributed by atoms with van der Waals surface area (Å²) in [7, 11) is 2.66. The van der Waals surface area contributed by atoms with Gasteiger partial charge in [0, 0.05) is 15.6 Å². The predicted molar refractivity (Wildman–Crippen MR) is 129 cm³/mol. The predicted octanol–water partition coefficient (Wildman–Crippen LogP) is 4.65. The van der Waals surface area contributed by atoms with Crippen molar-refractivity contribution < 1.29 is 37.4 Å². The number of urea groups is 1. The quantitative estimate of drug-likeness (QED) is 0.243. The van der Waals surface area contributed by atoms with Crippen molar-refractivity contribution in [1.29, 1.82) is 0 Å². The van der Waals surface area contributed by atoms with Gasteiger partial charge in [-0.05, 0) is 36.4 Å². The van der Waals surface area contributed by atoms with Crippen molar-refractivity contribution in [3.63, 3.8) is 0 Å². The number of ether oxygens (including phenoxy) is 3. The molecule has 1 N–H and O–H groups in total. The highest BCUT2D eigenvalue weighted by Gasteiger charge is 2.35. The summed E-state index contributed by atoms with van der Waals surface area (Å²) < 4.78 is 36.0. The molecule has 1 saturated heterocycles. The molecular weight excluding hydrogens is 539 g/mol. The zero-order valence-electron chi connectivity index (χ0n) is 19.2. The molecule has 1 fully saturated rings. The molecule has 3 aromatic rings. The van der Waals surface area contributed by atoms with Crippen LogP contribution in [0, 0.1) is 5.82 Å². The van der Waals surface area contributed by atoms with Gasteiger partial charge in [0.25, 0.3) is 5.91 Å². The van der Waals surface area contributed by atoms with Gasteiger partial charge in [0.05, 0.1) is 20.8 Å². The number of halogens is 2.